The second-order valence-electron chi connectivity index (χ2n) is 12.9. The van der Waals surface area contributed by atoms with E-state index in [-0.39, 0.29) is 42.8 Å². The number of benzene rings is 2. The van der Waals surface area contributed by atoms with E-state index < -0.39 is 22.2 Å². The second kappa shape index (κ2) is 18.2. The Bertz CT molecular complexity index is 1270. The van der Waals surface area contributed by atoms with Gasteiger partial charge in [0, 0.05) is 24.2 Å². The number of carbonyl (C=O) groups is 2. The van der Waals surface area contributed by atoms with Crippen molar-refractivity contribution in [3.63, 3.8) is 0 Å². The summed E-state index contributed by atoms with van der Waals surface area (Å²) in [4.78, 5) is 29.6. The molecule has 6 N–H and O–H groups in total. The minimum Gasteiger partial charge on any atom is -0.462 e. The van der Waals surface area contributed by atoms with Crippen molar-refractivity contribution in [3.8, 4) is 0 Å². The summed E-state index contributed by atoms with van der Waals surface area (Å²) < 4.78 is 43.0. The Balaban J connectivity index is 0.000000225. The highest BCUT2D eigenvalue weighted by atomic mass is 32.3. The van der Waals surface area contributed by atoms with Gasteiger partial charge >= 0.3 is 22.3 Å². The Kier molecular flexibility index (Phi) is 14.9. The molecule has 4 heterocycles. The zero-order valence-corrected chi connectivity index (χ0v) is 28.3. The minimum absolute atomic E-state index is 0. The predicted octanol–water partition coefficient (Wildman–Crippen LogP) is 2.38. The highest BCUT2D eigenvalue weighted by molar-refractivity contribution is 7.79. The normalized spacial score (nSPS) is 27.5. The number of rotatable bonds is 8. The largest absolute Gasteiger partial charge is 0.462 e. The molecule has 4 aliphatic heterocycles. The summed E-state index contributed by atoms with van der Waals surface area (Å²) in [6.45, 7) is -0.412. The molecule has 2 unspecified atom stereocenters. The summed E-state index contributed by atoms with van der Waals surface area (Å²) in [5, 5.41) is 19.1. The molecule has 8 atom stereocenters. The lowest BCUT2D eigenvalue weighted by atomic mass is 9.98. The number of hydrogen-bond donors (Lipinski definition) is 4. The van der Waals surface area contributed by atoms with Crippen LogP contribution in [0.15, 0.2) is 60.7 Å². The maximum Gasteiger partial charge on any atom is 0.394 e. The van der Waals surface area contributed by atoms with E-state index in [0.29, 0.717) is 24.2 Å². The molecule has 14 heteroatoms. The summed E-state index contributed by atoms with van der Waals surface area (Å²) in [6.07, 6.45) is 8.52. The molecule has 0 amide bonds. The number of piperidine rings is 2. The van der Waals surface area contributed by atoms with E-state index in [1.165, 1.54) is 25.7 Å². The second-order valence-corrected chi connectivity index (χ2v) is 13.8. The van der Waals surface area contributed by atoms with E-state index in [1.807, 2.05) is 60.7 Å². The van der Waals surface area contributed by atoms with E-state index in [9.17, 15) is 19.8 Å². The van der Waals surface area contributed by atoms with Gasteiger partial charge in [0.05, 0.1) is 13.2 Å². The van der Waals surface area contributed by atoms with Gasteiger partial charge in [0.25, 0.3) is 0 Å². The Hall–Kier alpha value is -2.95. The maximum absolute atomic E-state index is 12.4. The SMILES string of the molecule is CN1[C@@H]2CC[C@H]1CC(OC(=O)[C@H](CO)c1ccccc1)C2.CN1[C@@H]2CC[C@H]1CC(OC(=O)[C@H](CO)c1ccccc1)C2.O.O=S(=O)(O)O. The maximum atomic E-state index is 12.4. The first kappa shape index (κ1) is 39.5. The lowest BCUT2D eigenvalue weighted by Crippen LogP contribution is -2.43. The fraction of sp³-hybridized carbons (Fsp3) is 0.588. The number of ether oxygens (including phenoxy) is 2. The Labute approximate surface area is 282 Å². The molecule has 4 saturated heterocycles. The van der Waals surface area contributed by atoms with Crippen LogP contribution in [0, 0.1) is 0 Å². The van der Waals surface area contributed by atoms with E-state index in [0.717, 1.165) is 36.8 Å². The number of fused-ring (bicyclic) bond motifs is 4. The molecule has 48 heavy (non-hydrogen) atoms. The monoisotopic (exact) mass is 694 g/mol. The molecule has 4 fully saturated rings. The van der Waals surface area contributed by atoms with Crippen LogP contribution in [0.25, 0.3) is 0 Å². The van der Waals surface area contributed by atoms with E-state index >= 15 is 0 Å². The van der Waals surface area contributed by atoms with Crippen LogP contribution in [-0.2, 0) is 29.5 Å². The molecule has 0 spiro atoms. The van der Waals surface area contributed by atoms with Crippen LogP contribution < -0.4 is 0 Å². The summed E-state index contributed by atoms with van der Waals surface area (Å²) >= 11 is 0. The molecule has 13 nitrogen and oxygen atoms in total. The van der Waals surface area contributed by atoms with E-state index in [4.69, 9.17) is 27.0 Å². The third kappa shape index (κ3) is 11.0. The molecule has 0 aliphatic carbocycles. The quantitative estimate of drug-likeness (QED) is 0.232. The van der Waals surface area contributed by atoms with Gasteiger partial charge in [-0.05, 0) is 76.6 Å². The third-order valence-electron chi connectivity index (χ3n) is 10.0. The molecule has 2 aromatic rings. The predicted molar refractivity (Wildman–Crippen MR) is 178 cm³/mol. The minimum atomic E-state index is -4.67. The van der Waals surface area contributed by atoms with Crippen LogP contribution in [0.5, 0.6) is 0 Å². The van der Waals surface area contributed by atoms with Gasteiger partial charge in [0.2, 0.25) is 0 Å². The van der Waals surface area contributed by atoms with Crippen LogP contribution in [0.2, 0.25) is 0 Å². The van der Waals surface area contributed by atoms with Crippen molar-refractivity contribution in [3.05, 3.63) is 71.8 Å². The number of nitrogens with zero attached hydrogens (tertiary/aromatic N) is 2. The zero-order valence-electron chi connectivity index (χ0n) is 27.5. The van der Waals surface area contributed by atoms with Crippen LogP contribution >= 0.6 is 0 Å². The number of esters is 2. The van der Waals surface area contributed by atoms with Gasteiger partial charge in [-0.15, -0.1) is 0 Å². The van der Waals surface area contributed by atoms with E-state index in [2.05, 4.69) is 23.9 Å². The lowest BCUT2D eigenvalue weighted by Gasteiger charge is -2.36. The Morgan fingerprint density at radius 1 is 0.667 bits per heavy atom. The molecule has 0 aromatic heterocycles. The first-order chi connectivity index (χ1) is 22.4. The summed E-state index contributed by atoms with van der Waals surface area (Å²) in [7, 11) is -0.332. The number of aliphatic hydroxyl groups is 2. The zero-order chi connectivity index (χ0) is 34.1. The smallest absolute Gasteiger partial charge is 0.394 e. The Morgan fingerprint density at radius 2 is 0.938 bits per heavy atom. The molecule has 0 radical (unpaired) electrons. The van der Waals surface area contributed by atoms with Gasteiger partial charge < -0.3 is 35.0 Å². The molecular formula is C34H50N2O11S. The number of hydrogen-bond acceptors (Lipinski definition) is 10. The van der Waals surface area contributed by atoms with Crippen molar-refractivity contribution in [2.45, 2.75) is 99.6 Å². The Morgan fingerprint density at radius 3 is 1.19 bits per heavy atom. The van der Waals surface area contributed by atoms with Crippen molar-refractivity contribution in [2.75, 3.05) is 27.3 Å². The molecule has 4 bridgehead atoms. The molecule has 0 saturated carbocycles. The van der Waals surface area contributed by atoms with Crippen molar-refractivity contribution >= 4 is 22.3 Å². The number of aliphatic hydroxyl groups excluding tert-OH is 2. The third-order valence-corrected chi connectivity index (χ3v) is 10.0. The average Bonchev–Trinajstić information content (AvgIpc) is 3.34. The summed E-state index contributed by atoms with van der Waals surface area (Å²) in [6, 6.07) is 20.9. The summed E-state index contributed by atoms with van der Waals surface area (Å²) in [5.41, 5.74) is 1.64. The fourth-order valence-corrected chi connectivity index (χ4v) is 7.41. The first-order valence-electron chi connectivity index (χ1n) is 16.2. The van der Waals surface area contributed by atoms with Crippen LogP contribution in [0.3, 0.4) is 0 Å². The van der Waals surface area contributed by atoms with Crippen LogP contribution in [0.4, 0.5) is 0 Å². The van der Waals surface area contributed by atoms with Gasteiger partial charge in [-0.25, -0.2) is 0 Å². The highest BCUT2D eigenvalue weighted by Crippen LogP contribution is 2.37. The average molecular weight is 695 g/mol. The lowest BCUT2D eigenvalue weighted by molar-refractivity contribution is -0.156. The van der Waals surface area contributed by atoms with Gasteiger partial charge in [0.1, 0.15) is 24.0 Å². The standard InChI is InChI=1S/2C17H23NO3.H2O4S.H2O/c2*1-18-13-7-8-14(18)10-15(9-13)21-17(20)16(11-19)12-5-3-2-4-6-12;1-5(2,3)4;/h2*2-6,13-16,19H,7-11H2,1H3;(H2,1,2,3,4);1H2/t2*13-,14+,15?,16-;;/m11../s1. The first-order valence-corrected chi connectivity index (χ1v) is 17.6. The van der Waals surface area contributed by atoms with Gasteiger partial charge in [0.15, 0.2) is 0 Å². The van der Waals surface area contributed by atoms with Crippen LogP contribution in [0.1, 0.15) is 74.3 Å². The number of carbonyl (C=O) groups excluding carboxylic acids is 2. The van der Waals surface area contributed by atoms with E-state index in [1.54, 1.807) is 0 Å². The molecule has 6 rings (SSSR count). The van der Waals surface area contributed by atoms with Crippen molar-refractivity contribution in [1.82, 2.24) is 9.80 Å². The molecular weight excluding hydrogens is 644 g/mol. The molecule has 4 aliphatic rings. The molecule has 2 aromatic carbocycles. The van der Waals surface area contributed by atoms with Gasteiger partial charge in [-0.1, -0.05) is 60.7 Å². The van der Waals surface area contributed by atoms with Crippen LogP contribution in [-0.4, -0.2) is 119 Å². The van der Waals surface area contributed by atoms with Crippen molar-refractivity contribution < 1.29 is 52.3 Å². The van der Waals surface area contributed by atoms with Gasteiger partial charge in [-0.3, -0.25) is 18.7 Å². The fourth-order valence-electron chi connectivity index (χ4n) is 7.41. The van der Waals surface area contributed by atoms with Crippen molar-refractivity contribution in [1.29, 1.82) is 0 Å². The summed E-state index contributed by atoms with van der Waals surface area (Å²) in [5.74, 6) is -1.72. The molecule has 268 valence electrons. The van der Waals surface area contributed by atoms with Gasteiger partial charge in [-0.2, -0.15) is 8.42 Å². The topological polar surface area (TPSA) is 206 Å². The highest BCUT2D eigenvalue weighted by Gasteiger charge is 2.41. The van der Waals surface area contributed by atoms with Crippen molar-refractivity contribution in [2.24, 2.45) is 0 Å².